The van der Waals surface area contributed by atoms with Crippen LogP contribution >= 0.6 is 0 Å². The standard InChI is InChI=1S/C23H27FN6O/c1-15-6-5-7-16(2)21(15)30-17(3)12-19(18(30)4)13-26-28-23-25-14-20(24)22(27-23)29-8-10-31-11-9-29/h5-7,12-14H,8-11H2,1-4H3,(H,25,27,28). The van der Waals surface area contributed by atoms with Crippen molar-refractivity contribution in [2.45, 2.75) is 27.7 Å². The molecular weight excluding hydrogens is 395 g/mol. The second kappa shape index (κ2) is 8.85. The van der Waals surface area contributed by atoms with Gasteiger partial charge in [-0.05, 0) is 44.9 Å². The van der Waals surface area contributed by atoms with E-state index in [1.54, 1.807) is 6.21 Å². The Morgan fingerprint density at radius 1 is 1.13 bits per heavy atom. The number of aryl methyl sites for hydroxylation is 3. The summed E-state index contributed by atoms with van der Waals surface area (Å²) in [6, 6.07) is 8.41. The predicted molar refractivity (Wildman–Crippen MR) is 121 cm³/mol. The third kappa shape index (κ3) is 4.29. The molecule has 1 aliphatic heterocycles. The number of anilines is 2. The molecule has 162 valence electrons. The molecule has 0 aliphatic carbocycles. The first-order valence-electron chi connectivity index (χ1n) is 10.4. The number of rotatable bonds is 5. The minimum atomic E-state index is -0.450. The Morgan fingerprint density at radius 3 is 2.55 bits per heavy atom. The first-order chi connectivity index (χ1) is 15.0. The van der Waals surface area contributed by atoms with Gasteiger partial charge in [0.05, 0.1) is 31.3 Å². The average molecular weight is 423 g/mol. The van der Waals surface area contributed by atoms with Crippen LogP contribution in [0.1, 0.15) is 28.1 Å². The molecule has 1 fully saturated rings. The van der Waals surface area contributed by atoms with Crippen molar-refractivity contribution in [1.29, 1.82) is 0 Å². The molecule has 3 aromatic rings. The summed E-state index contributed by atoms with van der Waals surface area (Å²) >= 11 is 0. The number of hydrogen-bond acceptors (Lipinski definition) is 6. The van der Waals surface area contributed by atoms with E-state index in [2.05, 4.69) is 77.0 Å². The molecule has 0 amide bonds. The van der Waals surface area contributed by atoms with Crippen molar-refractivity contribution >= 4 is 18.0 Å². The highest BCUT2D eigenvalue weighted by molar-refractivity contribution is 5.82. The van der Waals surface area contributed by atoms with Crippen molar-refractivity contribution in [2.75, 3.05) is 36.6 Å². The van der Waals surface area contributed by atoms with Crippen LogP contribution in [0.2, 0.25) is 0 Å². The Bertz CT molecular complexity index is 1100. The summed E-state index contributed by atoms with van der Waals surface area (Å²) in [6.07, 6.45) is 2.91. The molecule has 0 bridgehead atoms. The Kier molecular flexibility index (Phi) is 5.99. The monoisotopic (exact) mass is 422 g/mol. The third-order valence-electron chi connectivity index (χ3n) is 5.54. The summed E-state index contributed by atoms with van der Waals surface area (Å²) in [6.45, 7) is 10.7. The molecule has 1 saturated heterocycles. The Hall–Kier alpha value is -3.26. The fourth-order valence-electron chi connectivity index (χ4n) is 3.99. The molecule has 0 atom stereocenters. The molecule has 1 N–H and O–H groups in total. The minimum Gasteiger partial charge on any atom is -0.378 e. The molecule has 2 aromatic heterocycles. The van der Waals surface area contributed by atoms with Crippen molar-refractivity contribution in [1.82, 2.24) is 14.5 Å². The summed E-state index contributed by atoms with van der Waals surface area (Å²) in [5, 5.41) is 4.30. The first kappa shape index (κ1) is 21.0. The number of aromatic nitrogens is 3. The number of ether oxygens (including phenoxy) is 1. The molecule has 0 spiro atoms. The number of nitrogens with one attached hydrogen (secondary N) is 1. The molecule has 7 nitrogen and oxygen atoms in total. The van der Waals surface area contributed by atoms with Gasteiger partial charge in [0.2, 0.25) is 5.95 Å². The van der Waals surface area contributed by atoms with Gasteiger partial charge in [0, 0.05) is 30.0 Å². The first-order valence-corrected chi connectivity index (χ1v) is 10.4. The van der Waals surface area contributed by atoms with Gasteiger partial charge in [-0.25, -0.2) is 14.8 Å². The van der Waals surface area contributed by atoms with E-state index in [0.29, 0.717) is 26.3 Å². The highest BCUT2D eigenvalue weighted by Gasteiger charge is 2.18. The van der Waals surface area contributed by atoms with Crippen molar-refractivity contribution in [3.63, 3.8) is 0 Å². The highest BCUT2D eigenvalue weighted by atomic mass is 19.1. The summed E-state index contributed by atoms with van der Waals surface area (Å²) < 4.78 is 21.8. The van der Waals surface area contributed by atoms with Gasteiger partial charge in [-0.15, -0.1) is 0 Å². The van der Waals surface area contributed by atoms with Crippen LogP contribution < -0.4 is 10.3 Å². The number of hydrogen-bond donors (Lipinski definition) is 1. The maximum Gasteiger partial charge on any atom is 0.245 e. The van der Waals surface area contributed by atoms with Gasteiger partial charge in [-0.1, -0.05) is 18.2 Å². The maximum absolute atomic E-state index is 14.2. The van der Waals surface area contributed by atoms with E-state index >= 15 is 0 Å². The second-order valence-corrected chi connectivity index (χ2v) is 7.74. The molecule has 1 aromatic carbocycles. The molecule has 1 aliphatic rings. The van der Waals surface area contributed by atoms with Gasteiger partial charge >= 0.3 is 0 Å². The molecule has 0 unspecified atom stereocenters. The number of para-hydroxylation sites is 1. The zero-order valence-corrected chi connectivity index (χ0v) is 18.3. The molecule has 3 heterocycles. The predicted octanol–water partition coefficient (Wildman–Crippen LogP) is 3.92. The number of halogens is 1. The van der Waals surface area contributed by atoms with E-state index in [-0.39, 0.29) is 11.8 Å². The number of nitrogens with zero attached hydrogens (tertiary/aromatic N) is 5. The summed E-state index contributed by atoms with van der Waals surface area (Å²) in [5.74, 6) is 0.0699. The van der Waals surface area contributed by atoms with Crippen molar-refractivity contribution in [2.24, 2.45) is 5.10 Å². The number of hydrazone groups is 1. The normalized spacial score (nSPS) is 14.4. The van der Waals surface area contributed by atoms with Gasteiger partial charge in [0.25, 0.3) is 0 Å². The fourth-order valence-corrected chi connectivity index (χ4v) is 3.99. The van der Waals surface area contributed by atoms with Crippen LogP contribution in [0.25, 0.3) is 5.69 Å². The van der Waals surface area contributed by atoms with Gasteiger partial charge in [0.15, 0.2) is 11.6 Å². The van der Waals surface area contributed by atoms with Gasteiger partial charge in [0.1, 0.15) is 0 Å². The zero-order valence-electron chi connectivity index (χ0n) is 18.3. The van der Waals surface area contributed by atoms with Gasteiger partial charge < -0.3 is 14.2 Å². The highest BCUT2D eigenvalue weighted by Crippen LogP contribution is 2.25. The second-order valence-electron chi connectivity index (χ2n) is 7.74. The van der Waals surface area contributed by atoms with E-state index in [1.165, 1.54) is 23.0 Å². The van der Waals surface area contributed by atoms with E-state index in [9.17, 15) is 4.39 Å². The zero-order chi connectivity index (χ0) is 22.0. The van der Waals surface area contributed by atoms with Crippen LogP contribution in [-0.2, 0) is 4.74 Å². The number of morpholine rings is 1. The topological polar surface area (TPSA) is 67.6 Å². The lowest BCUT2D eigenvalue weighted by molar-refractivity contribution is 0.122. The molecule has 8 heteroatoms. The average Bonchev–Trinajstić information content (AvgIpc) is 3.03. The molecule has 0 radical (unpaired) electrons. The van der Waals surface area contributed by atoms with E-state index < -0.39 is 5.82 Å². The summed E-state index contributed by atoms with van der Waals surface area (Å²) in [7, 11) is 0. The van der Waals surface area contributed by atoms with Crippen LogP contribution in [0, 0.1) is 33.5 Å². The van der Waals surface area contributed by atoms with Gasteiger partial charge in [-0.2, -0.15) is 10.1 Å². The molecule has 0 saturated carbocycles. The van der Waals surface area contributed by atoms with E-state index in [1.807, 2.05) is 4.90 Å². The van der Waals surface area contributed by atoms with Crippen LogP contribution in [0.15, 0.2) is 35.6 Å². The SMILES string of the molecule is Cc1cccc(C)c1-n1c(C)cc(C=NNc2ncc(F)c(N3CCOCC3)n2)c1C. The maximum atomic E-state index is 14.2. The Balaban J connectivity index is 1.55. The molecule has 4 rings (SSSR count). The van der Waals surface area contributed by atoms with Crippen LogP contribution in [0.4, 0.5) is 16.2 Å². The van der Waals surface area contributed by atoms with E-state index in [4.69, 9.17) is 4.74 Å². The third-order valence-corrected chi connectivity index (χ3v) is 5.54. The Labute approximate surface area is 181 Å². The van der Waals surface area contributed by atoms with Crippen molar-refractivity contribution < 1.29 is 9.13 Å². The molecule has 31 heavy (non-hydrogen) atoms. The van der Waals surface area contributed by atoms with Crippen molar-refractivity contribution in [3.05, 3.63) is 64.4 Å². The van der Waals surface area contributed by atoms with Gasteiger partial charge in [-0.3, -0.25) is 0 Å². The molecular formula is C23H27FN6O. The van der Waals surface area contributed by atoms with Crippen molar-refractivity contribution in [3.8, 4) is 5.69 Å². The summed E-state index contributed by atoms with van der Waals surface area (Å²) in [5.41, 5.74) is 9.68. The quantitative estimate of drug-likeness (QED) is 0.499. The smallest absolute Gasteiger partial charge is 0.245 e. The van der Waals surface area contributed by atoms with Crippen LogP contribution in [0.5, 0.6) is 0 Å². The lowest BCUT2D eigenvalue weighted by atomic mass is 10.1. The minimum absolute atomic E-state index is 0.252. The van der Waals surface area contributed by atoms with Crippen LogP contribution in [-0.4, -0.2) is 47.1 Å². The largest absolute Gasteiger partial charge is 0.378 e. The lowest BCUT2D eigenvalue weighted by Gasteiger charge is -2.27. The summed E-state index contributed by atoms with van der Waals surface area (Å²) in [4.78, 5) is 10.2. The van der Waals surface area contributed by atoms with E-state index in [0.717, 1.165) is 17.0 Å². The fraction of sp³-hybridized carbons (Fsp3) is 0.348. The Morgan fingerprint density at radius 2 is 1.84 bits per heavy atom. The van der Waals surface area contributed by atoms with Crippen LogP contribution in [0.3, 0.4) is 0 Å². The lowest BCUT2D eigenvalue weighted by Crippen LogP contribution is -2.37. The number of benzene rings is 1.